The van der Waals surface area contributed by atoms with Gasteiger partial charge in [-0.15, -0.1) is 20.5 Å². The molecule has 0 fully saturated rings. The van der Waals surface area contributed by atoms with E-state index in [2.05, 4.69) is 20.5 Å². The Labute approximate surface area is 278 Å². The van der Waals surface area contributed by atoms with E-state index in [0.717, 1.165) is 12.1 Å². The van der Waals surface area contributed by atoms with Crippen molar-refractivity contribution in [3.8, 4) is 11.5 Å². The van der Waals surface area contributed by atoms with Crippen LogP contribution < -0.4 is 0 Å². The van der Waals surface area contributed by atoms with E-state index >= 15 is 0 Å². The minimum atomic E-state index is -5.47. The lowest BCUT2D eigenvalue weighted by Crippen LogP contribution is -2.02. The zero-order chi connectivity index (χ0) is 37.7. The zero-order valence-electron chi connectivity index (χ0n) is 24.1. The van der Waals surface area contributed by atoms with Crippen LogP contribution in [0.25, 0.3) is 10.8 Å². The molecule has 0 heterocycles. The van der Waals surface area contributed by atoms with Gasteiger partial charge in [0.15, 0.2) is 21.3 Å². The zero-order valence-corrected chi connectivity index (χ0v) is 27.3. The summed E-state index contributed by atoms with van der Waals surface area (Å²) in [6.07, 6.45) is 0.638. The lowest BCUT2D eigenvalue weighted by atomic mass is 10.1. The Hall–Kier alpha value is -5.58. The minimum Gasteiger partial charge on any atom is -0.505 e. The first-order valence-corrected chi connectivity index (χ1v) is 18.6. The second-order valence-corrected chi connectivity index (χ2v) is 15.8. The Kier molecular flexibility index (Phi) is 9.46. The maximum Gasteiger partial charge on any atom is 0.297 e. The van der Waals surface area contributed by atoms with Gasteiger partial charge in [-0.1, -0.05) is 0 Å². The van der Waals surface area contributed by atoms with Gasteiger partial charge >= 0.3 is 0 Å². The molecule has 4 rings (SSSR count). The number of aromatic hydroxyl groups is 2. The summed E-state index contributed by atoms with van der Waals surface area (Å²) in [6.45, 7) is 0. The van der Waals surface area contributed by atoms with Crippen molar-refractivity contribution in [1.29, 1.82) is 0 Å². The van der Waals surface area contributed by atoms with Gasteiger partial charge < -0.3 is 10.2 Å². The molecule has 4 aromatic rings. The third-order valence-electron chi connectivity index (χ3n) is 6.31. The first kappa shape index (κ1) is 37.2. The summed E-state index contributed by atoms with van der Waals surface area (Å²) >= 11 is 0. The molecule has 0 aliphatic heterocycles. The van der Waals surface area contributed by atoms with Crippen LogP contribution in [-0.2, 0) is 40.2 Å². The van der Waals surface area contributed by atoms with E-state index in [1.807, 2.05) is 0 Å². The molecule has 50 heavy (non-hydrogen) atoms. The first-order chi connectivity index (χ1) is 22.8. The van der Waals surface area contributed by atoms with E-state index in [0.29, 0.717) is 42.7 Å². The van der Waals surface area contributed by atoms with Crippen LogP contribution in [0.2, 0.25) is 0 Å². The van der Waals surface area contributed by atoms with Crippen LogP contribution in [0.4, 0.5) is 34.1 Å². The largest absolute Gasteiger partial charge is 0.505 e. The number of hydrogen-bond acceptors (Lipinski definition) is 18. The van der Waals surface area contributed by atoms with E-state index in [-0.39, 0.29) is 0 Å². The maximum absolute atomic E-state index is 12.3. The van der Waals surface area contributed by atoms with Gasteiger partial charge in [-0.2, -0.15) is 25.3 Å². The molecule has 4 aromatic carbocycles. The predicted molar refractivity (Wildman–Crippen MR) is 164 cm³/mol. The van der Waals surface area contributed by atoms with E-state index in [1.165, 1.54) is 0 Å². The van der Waals surface area contributed by atoms with Crippen molar-refractivity contribution in [2.24, 2.45) is 20.5 Å². The van der Waals surface area contributed by atoms with Gasteiger partial charge in [0.05, 0.1) is 15.2 Å². The Morgan fingerprint density at radius 3 is 1.26 bits per heavy atom. The number of rotatable bonds is 10. The van der Waals surface area contributed by atoms with Crippen LogP contribution in [0.1, 0.15) is 0 Å². The number of phenols is 2. The maximum atomic E-state index is 12.3. The normalized spacial score (nSPS) is 13.0. The van der Waals surface area contributed by atoms with Crippen LogP contribution in [0.3, 0.4) is 0 Å². The van der Waals surface area contributed by atoms with E-state index in [4.69, 9.17) is 0 Å². The molecule has 0 unspecified atom stereocenters. The quantitative estimate of drug-likeness (QED) is 0.0656. The Balaban J connectivity index is 2.07. The summed E-state index contributed by atoms with van der Waals surface area (Å²) in [5.74, 6) is -2.84. The van der Waals surface area contributed by atoms with E-state index < -0.39 is 126 Å². The van der Waals surface area contributed by atoms with E-state index in [1.54, 1.807) is 0 Å². The molecule has 23 nitrogen and oxygen atoms in total. The van der Waals surface area contributed by atoms with Crippen LogP contribution in [0.15, 0.2) is 88.6 Å². The second-order valence-electron chi connectivity index (χ2n) is 9.66. The number of phenolic OH excluding ortho intramolecular Hbond substituents is 2. The van der Waals surface area contributed by atoms with Gasteiger partial charge in [-0.25, -0.2) is 8.42 Å². The van der Waals surface area contributed by atoms with Crippen LogP contribution in [0.5, 0.6) is 11.5 Å². The van der Waals surface area contributed by atoms with Gasteiger partial charge in [0.25, 0.3) is 41.7 Å². The molecule has 0 saturated heterocycles. The third-order valence-corrected chi connectivity index (χ3v) is 10.1. The van der Waals surface area contributed by atoms with Gasteiger partial charge in [-0.05, 0) is 29.7 Å². The number of benzene rings is 4. The molecule has 27 heteroatoms. The SMILES string of the molecule is CS(=O)(=O)c1cc([N+](=O)[O-])ccc1N=Nc1c(S(=O)(=O)O)cc2cc(S(=O)(=O)O)c(N=Nc3ccc([N+](=O)[O-])cc3S(=O)(=O)O)c(O)c2c1O. The Bertz CT molecular complexity index is 2500. The number of non-ortho nitro benzene ring substituents is 2. The van der Waals surface area contributed by atoms with Crippen molar-refractivity contribution < 1.29 is 67.4 Å². The van der Waals surface area contributed by atoms with Crippen molar-refractivity contribution in [3.05, 3.63) is 68.8 Å². The van der Waals surface area contributed by atoms with Crippen molar-refractivity contribution in [1.82, 2.24) is 0 Å². The topological polar surface area (TPSA) is 373 Å². The monoisotopic (exact) mass is 776 g/mol. The Morgan fingerprint density at radius 1 is 0.560 bits per heavy atom. The Morgan fingerprint density at radius 2 is 0.920 bits per heavy atom. The summed E-state index contributed by atoms with van der Waals surface area (Å²) < 4.78 is 127. The summed E-state index contributed by atoms with van der Waals surface area (Å²) in [5, 5.41) is 56.4. The fraction of sp³-hybridized carbons (Fsp3) is 0.0435. The summed E-state index contributed by atoms with van der Waals surface area (Å²) in [5.41, 5.74) is -5.55. The lowest BCUT2D eigenvalue weighted by molar-refractivity contribution is -0.385. The predicted octanol–water partition coefficient (Wildman–Crippen LogP) is 4.04. The molecule has 0 aliphatic carbocycles. The lowest BCUT2D eigenvalue weighted by Gasteiger charge is -2.13. The number of azo groups is 2. The average Bonchev–Trinajstić information content (AvgIpc) is 2.97. The van der Waals surface area contributed by atoms with Crippen molar-refractivity contribution in [3.63, 3.8) is 0 Å². The number of sulfone groups is 1. The van der Waals surface area contributed by atoms with Crippen molar-refractivity contribution in [2.75, 3.05) is 6.26 Å². The van der Waals surface area contributed by atoms with Gasteiger partial charge in [0.2, 0.25) is 0 Å². The summed E-state index contributed by atoms with van der Waals surface area (Å²) in [7, 11) is -20.4. The number of nitro benzene ring substituents is 2. The molecule has 5 N–H and O–H groups in total. The van der Waals surface area contributed by atoms with Crippen LogP contribution in [-0.4, -0.2) is 73.6 Å². The highest BCUT2D eigenvalue weighted by Crippen LogP contribution is 2.50. The highest BCUT2D eigenvalue weighted by Gasteiger charge is 2.30. The molecule has 0 atom stereocenters. The number of nitro groups is 2. The number of hydrogen-bond donors (Lipinski definition) is 5. The molecule has 0 saturated carbocycles. The highest BCUT2D eigenvalue weighted by atomic mass is 32.2. The minimum absolute atomic E-state index is 0.355. The highest BCUT2D eigenvalue weighted by molar-refractivity contribution is 7.91. The standard InChI is InChI=1S/C23H16N6O17S4/c1-47(36,37)15-8-11(28(32)33)2-4-13(15)24-26-20-17(49(41,42)43)6-10-7-18(50(44,45)46)21(23(31)19(10)22(20)30)27-25-14-5-3-12(29(34)35)9-16(14)48(38,39)40/h2-9,30-31H,1H3,(H,38,39,40)(H,41,42,43)(H,44,45,46). The number of fused-ring (bicyclic) bond motifs is 1. The van der Waals surface area contributed by atoms with Gasteiger partial charge in [0, 0.05) is 30.5 Å². The molecule has 0 spiro atoms. The molecule has 0 aromatic heterocycles. The molecular weight excluding hydrogens is 761 g/mol. The second kappa shape index (κ2) is 12.7. The van der Waals surface area contributed by atoms with Crippen LogP contribution >= 0.6 is 0 Å². The van der Waals surface area contributed by atoms with Crippen molar-refractivity contribution >= 4 is 85.1 Å². The molecular formula is C23H16N6O17S4. The third kappa shape index (κ3) is 7.51. The fourth-order valence-electron chi connectivity index (χ4n) is 4.16. The average molecular weight is 777 g/mol. The van der Waals surface area contributed by atoms with Gasteiger partial charge in [0.1, 0.15) is 42.3 Å². The fourth-order valence-corrected chi connectivity index (χ4v) is 6.94. The molecule has 0 radical (unpaired) electrons. The molecule has 264 valence electrons. The smallest absolute Gasteiger partial charge is 0.297 e. The first-order valence-electron chi connectivity index (χ1n) is 12.4. The molecule has 0 amide bonds. The van der Waals surface area contributed by atoms with Crippen molar-refractivity contribution in [2.45, 2.75) is 19.6 Å². The molecule has 0 bridgehead atoms. The molecule has 0 aliphatic rings. The summed E-state index contributed by atoms with van der Waals surface area (Å²) in [6, 6.07) is 4.71. The summed E-state index contributed by atoms with van der Waals surface area (Å²) in [4.78, 5) is 15.5. The van der Waals surface area contributed by atoms with Gasteiger partial charge in [-0.3, -0.25) is 33.9 Å². The number of nitrogens with zero attached hydrogens (tertiary/aromatic N) is 6. The van der Waals surface area contributed by atoms with E-state index in [9.17, 15) is 77.8 Å². The van der Waals surface area contributed by atoms with Crippen LogP contribution in [0, 0.1) is 20.2 Å².